The lowest BCUT2D eigenvalue weighted by Gasteiger charge is -2.17. The first-order valence-corrected chi connectivity index (χ1v) is 7.29. The van der Waals surface area contributed by atoms with Crippen LogP contribution in [-0.4, -0.2) is 30.4 Å². The highest BCUT2D eigenvalue weighted by atomic mass is 35.5. The fraction of sp³-hybridized carbons (Fsp3) is 0.600. The fourth-order valence-corrected chi connectivity index (χ4v) is 1.94. The molecule has 3 nitrogen and oxygen atoms in total. The van der Waals surface area contributed by atoms with Gasteiger partial charge < -0.3 is 15.2 Å². The summed E-state index contributed by atoms with van der Waals surface area (Å²) in [7, 11) is 0. The van der Waals surface area contributed by atoms with Gasteiger partial charge in [0.15, 0.2) is 0 Å². The lowest BCUT2D eigenvalue weighted by molar-refractivity contribution is 0.104. The van der Waals surface area contributed by atoms with E-state index in [0.29, 0.717) is 23.4 Å². The van der Waals surface area contributed by atoms with E-state index in [1.165, 1.54) is 12.8 Å². The Hall–Kier alpha value is -0.770. The Morgan fingerprint density at radius 3 is 2.89 bits per heavy atom. The van der Waals surface area contributed by atoms with Gasteiger partial charge in [0.05, 0.1) is 0 Å². The minimum atomic E-state index is -0.511. The van der Waals surface area contributed by atoms with Crippen molar-refractivity contribution in [3.8, 4) is 5.75 Å². The van der Waals surface area contributed by atoms with Crippen molar-refractivity contribution in [2.24, 2.45) is 0 Å². The van der Waals surface area contributed by atoms with Gasteiger partial charge in [-0.1, -0.05) is 37.4 Å². The highest BCUT2D eigenvalue weighted by molar-refractivity contribution is 6.30. The number of hydrogen-bond donors (Lipinski definition) is 2. The SMILES string of the molecule is CCCCC(C)NCC(O)COc1cccc(Cl)c1. The van der Waals surface area contributed by atoms with Crippen LogP contribution < -0.4 is 10.1 Å². The third kappa shape index (κ3) is 7.41. The maximum atomic E-state index is 9.83. The van der Waals surface area contributed by atoms with Crippen LogP contribution in [-0.2, 0) is 0 Å². The molecule has 1 aromatic carbocycles. The van der Waals surface area contributed by atoms with Gasteiger partial charge in [-0.25, -0.2) is 0 Å². The number of ether oxygens (including phenoxy) is 1. The number of aliphatic hydroxyl groups excluding tert-OH is 1. The zero-order chi connectivity index (χ0) is 14.1. The van der Waals surface area contributed by atoms with Gasteiger partial charge in [-0.2, -0.15) is 0 Å². The number of hydrogen-bond acceptors (Lipinski definition) is 3. The molecular formula is C15H24ClNO2. The van der Waals surface area contributed by atoms with Gasteiger partial charge in [-0.05, 0) is 31.5 Å². The maximum Gasteiger partial charge on any atom is 0.120 e. The summed E-state index contributed by atoms with van der Waals surface area (Å²) in [5.41, 5.74) is 0. The molecule has 19 heavy (non-hydrogen) atoms. The van der Waals surface area contributed by atoms with Gasteiger partial charge in [0.1, 0.15) is 18.5 Å². The van der Waals surface area contributed by atoms with Crippen molar-refractivity contribution in [3.05, 3.63) is 29.3 Å². The van der Waals surface area contributed by atoms with E-state index >= 15 is 0 Å². The molecule has 0 bridgehead atoms. The fourth-order valence-electron chi connectivity index (χ4n) is 1.76. The summed E-state index contributed by atoms with van der Waals surface area (Å²) >= 11 is 5.86. The molecule has 2 atom stereocenters. The highest BCUT2D eigenvalue weighted by Crippen LogP contribution is 2.17. The van der Waals surface area contributed by atoms with Crippen LogP contribution in [0.2, 0.25) is 5.02 Å². The summed E-state index contributed by atoms with van der Waals surface area (Å²) in [6.45, 7) is 5.14. The van der Waals surface area contributed by atoms with Crippen molar-refractivity contribution < 1.29 is 9.84 Å². The predicted molar refractivity (Wildman–Crippen MR) is 79.9 cm³/mol. The number of rotatable bonds is 9. The molecule has 0 spiro atoms. The molecule has 0 aliphatic rings. The van der Waals surface area contributed by atoms with E-state index in [2.05, 4.69) is 19.2 Å². The van der Waals surface area contributed by atoms with E-state index < -0.39 is 6.10 Å². The summed E-state index contributed by atoms with van der Waals surface area (Å²) in [6, 6.07) is 7.62. The zero-order valence-electron chi connectivity index (χ0n) is 11.7. The van der Waals surface area contributed by atoms with Gasteiger partial charge in [-0.15, -0.1) is 0 Å². The van der Waals surface area contributed by atoms with E-state index in [0.717, 1.165) is 6.42 Å². The normalized spacial score (nSPS) is 14.1. The van der Waals surface area contributed by atoms with E-state index in [-0.39, 0.29) is 6.61 Å². The molecule has 1 aromatic rings. The molecule has 0 aliphatic heterocycles. The summed E-state index contributed by atoms with van der Waals surface area (Å²) in [5, 5.41) is 13.8. The monoisotopic (exact) mass is 285 g/mol. The van der Waals surface area contributed by atoms with Crippen LogP contribution in [0.15, 0.2) is 24.3 Å². The van der Waals surface area contributed by atoms with Crippen LogP contribution in [0.3, 0.4) is 0 Å². The Morgan fingerprint density at radius 2 is 2.21 bits per heavy atom. The van der Waals surface area contributed by atoms with Gasteiger partial charge in [0.2, 0.25) is 0 Å². The topological polar surface area (TPSA) is 41.5 Å². The van der Waals surface area contributed by atoms with Crippen LogP contribution in [0.1, 0.15) is 33.1 Å². The number of halogens is 1. The molecule has 0 saturated carbocycles. The quantitative estimate of drug-likeness (QED) is 0.732. The van der Waals surface area contributed by atoms with Gasteiger partial charge >= 0.3 is 0 Å². The largest absolute Gasteiger partial charge is 0.491 e. The molecular weight excluding hydrogens is 262 g/mol. The van der Waals surface area contributed by atoms with Crippen molar-refractivity contribution in [1.29, 1.82) is 0 Å². The number of nitrogens with one attached hydrogen (secondary N) is 1. The zero-order valence-corrected chi connectivity index (χ0v) is 12.5. The van der Waals surface area contributed by atoms with E-state index in [1.807, 2.05) is 12.1 Å². The third-order valence-electron chi connectivity index (χ3n) is 2.93. The van der Waals surface area contributed by atoms with Crippen LogP contribution in [0, 0.1) is 0 Å². The number of aliphatic hydroxyl groups is 1. The second kappa shape index (κ2) is 9.18. The molecule has 4 heteroatoms. The summed E-state index contributed by atoms with van der Waals surface area (Å²) in [4.78, 5) is 0. The summed E-state index contributed by atoms with van der Waals surface area (Å²) < 4.78 is 5.49. The number of benzene rings is 1. The van der Waals surface area contributed by atoms with Crippen LogP contribution in [0.4, 0.5) is 0 Å². The lowest BCUT2D eigenvalue weighted by Crippen LogP contribution is -2.36. The third-order valence-corrected chi connectivity index (χ3v) is 3.17. The second-order valence-corrected chi connectivity index (χ2v) is 5.31. The predicted octanol–water partition coefficient (Wildman–Crippen LogP) is 3.25. The van der Waals surface area contributed by atoms with Gasteiger partial charge in [0, 0.05) is 17.6 Å². The first kappa shape index (κ1) is 16.3. The molecule has 0 amide bonds. The Bertz CT molecular complexity index is 360. The minimum Gasteiger partial charge on any atom is -0.491 e. The first-order chi connectivity index (χ1) is 9.11. The van der Waals surface area contributed by atoms with E-state index in [9.17, 15) is 5.11 Å². The van der Waals surface area contributed by atoms with Crippen molar-refractivity contribution in [2.45, 2.75) is 45.3 Å². The Balaban J connectivity index is 2.19. The minimum absolute atomic E-state index is 0.272. The highest BCUT2D eigenvalue weighted by Gasteiger charge is 2.08. The van der Waals surface area contributed by atoms with Crippen LogP contribution in [0.25, 0.3) is 0 Å². The lowest BCUT2D eigenvalue weighted by atomic mass is 10.1. The van der Waals surface area contributed by atoms with Crippen molar-refractivity contribution in [1.82, 2.24) is 5.32 Å². The Kier molecular flexibility index (Phi) is 7.87. The molecule has 0 fully saturated rings. The average molecular weight is 286 g/mol. The Morgan fingerprint density at radius 1 is 1.42 bits per heavy atom. The van der Waals surface area contributed by atoms with Gasteiger partial charge in [0.25, 0.3) is 0 Å². The maximum absolute atomic E-state index is 9.83. The molecule has 2 unspecified atom stereocenters. The average Bonchev–Trinajstić information content (AvgIpc) is 2.40. The van der Waals surface area contributed by atoms with Gasteiger partial charge in [-0.3, -0.25) is 0 Å². The molecule has 2 N–H and O–H groups in total. The molecule has 1 rings (SSSR count). The molecule has 108 valence electrons. The number of unbranched alkanes of at least 4 members (excludes halogenated alkanes) is 1. The van der Waals surface area contributed by atoms with Crippen LogP contribution in [0.5, 0.6) is 5.75 Å². The second-order valence-electron chi connectivity index (χ2n) is 4.87. The van der Waals surface area contributed by atoms with E-state index in [1.54, 1.807) is 12.1 Å². The molecule has 0 aliphatic carbocycles. The first-order valence-electron chi connectivity index (χ1n) is 6.91. The molecule has 0 heterocycles. The Labute approximate surface area is 120 Å². The molecule has 0 saturated heterocycles. The van der Waals surface area contributed by atoms with E-state index in [4.69, 9.17) is 16.3 Å². The van der Waals surface area contributed by atoms with Crippen LogP contribution >= 0.6 is 11.6 Å². The molecule has 0 radical (unpaired) electrons. The molecule has 0 aromatic heterocycles. The summed E-state index contributed by atoms with van der Waals surface area (Å²) in [5.74, 6) is 0.686. The standard InChI is InChI=1S/C15H24ClNO2/c1-3-4-6-12(2)17-10-14(18)11-19-15-8-5-7-13(16)9-15/h5,7-9,12,14,17-18H,3-4,6,10-11H2,1-2H3. The van der Waals surface area contributed by atoms with Crippen molar-refractivity contribution in [3.63, 3.8) is 0 Å². The summed E-state index contributed by atoms with van der Waals surface area (Å²) in [6.07, 6.45) is 3.04. The van der Waals surface area contributed by atoms with Crippen molar-refractivity contribution >= 4 is 11.6 Å². The smallest absolute Gasteiger partial charge is 0.120 e. The van der Waals surface area contributed by atoms with Crippen molar-refractivity contribution in [2.75, 3.05) is 13.2 Å².